The van der Waals surface area contributed by atoms with Crippen LogP contribution < -0.4 is 9.47 Å². The number of carboxylic acid groups (broad SMARTS) is 1. The zero-order valence-corrected chi connectivity index (χ0v) is 23.4. The highest BCUT2D eigenvalue weighted by atomic mass is 32.2. The van der Waals surface area contributed by atoms with Gasteiger partial charge in [0.15, 0.2) is 6.10 Å². The fourth-order valence-corrected chi connectivity index (χ4v) is 5.89. The molecule has 4 aromatic carbocycles. The number of halogens is 1. The molecule has 0 aliphatic carbocycles. The van der Waals surface area contributed by atoms with Gasteiger partial charge >= 0.3 is 5.97 Å². The van der Waals surface area contributed by atoms with Gasteiger partial charge in [-0.1, -0.05) is 43.3 Å². The number of benzene rings is 4. The Balaban J connectivity index is 1.69. The van der Waals surface area contributed by atoms with Crippen molar-refractivity contribution >= 4 is 15.8 Å². The van der Waals surface area contributed by atoms with Gasteiger partial charge in [-0.2, -0.15) is 0 Å². The Kier molecular flexibility index (Phi) is 8.90. The SMILES string of the molecule is CCC(Oc1cc(C)c(Cc2ccc(OCc3ccccc3)c(S(=O)(=O)c3ccc(F)cc3)c2)c(C)c1)C(=O)O. The third-order valence-corrected chi connectivity index (χ3v) is 8.42. The Labute approximate surface area is 233 Å². The largest absolute Gasteiger partial charge is 0.488 e. The molecule has 0 aliphatic rings. The van der Waals surface area contributed by atoms with Crippen LogP contribution in [0.4, 0.5) is 4.39 Å². The van der Waals surface area contributed by atoms with Crippen LogP contribution in [0, 0.1) is 19.7 Å². The normalized spacial score (nSPS) is 12.1. The molecule has 6 nitrogen and oxygen atoms in total. The van der Waals surface area contributed by atoms with E-state index in [9.17, 15) is 22.7 Å². The first-order chi connectivity index (χ1) is 19.1. The van der Waals surface area contributed by atoms with Crippen LogP contribution >= 0.6 is 0 Å². The topological polar surface area (TPSA) is 89.9 Å². The van der Waals surface area contributed by atoms with Crippen molar-refractivity contribution < 1.29 is 32.2 Å². The van der Waals surface area contributed by atoms with Crippen LogP contribution in [0.5, 0.6) is 11.5 Å². The smallest absolute Gasteiger partial charge is 0.344 e. The number of ether oxygens (including phenoxy) is 2. The maximum absolute atomic E-state index is 13.7. The summed E-state index contributed by atoms with van der Waals surface area (Å²) >= 11 is 0. The van der Waals surface area contributed by atoms with Gasteiger partial charge in [-0.3, -0.25) is 0 Å². The van der Waals surface area contributed by atoms with Crippen LogP contribution in [0.25, 0.3) is 0 Å². The Morgan fingerprint density at radius 2 is 1.55 bits per heavy atom. The zero-order chi connectivity index (χ0) is 28.9. The van der Waals surface area contributed by atoms with Crippen LogP contribution in [0.3, 0.4) is 0 Å². The van der Waals surface area contributed by atoms with Crippen LogP contribution in [0.2, 0.25) is 0 Å². The van der Waals surface area contributed by atoms with Gasteiger partial charge in [0.2, 0.25) is 9.84 Å². The molecule has 0 amide bonds. The first kappa shape index (κ1) is 28.8. The number of rotatable bonds is 11. The number of aliphatic carboxylic acids is 1. The fraction of sp³-hybridized carbons (Fsp3) is 0.219. The van der Waals surface area contributed by atoms with Crippen LogP contribution in [-0.2, 0) is 27.7 Å². The third kappa shape index (κ3) is 6.69. The van der Waals surface area contributed by atoms with E-state index in [-0.39, 0.29) is 22.1 Å². The van der Waals surface area contributed by atoms with Crippen molar-refractivity contribution in [2.24, 2.45) is 0 Å². The van der Waals surface area contributed by atoms with E-state index in [1.54, 1.807) is 31.2 Å². The molecule has 40 heavy (non-hydrogen) atoms. The maximum atomic E-state index is 13.7. The minimum Gasteiger partial charge on any atom is -0.488 e. The van der Waals surface area contributed by atoms with Crippen molar-refractivity contribution in [1.82, 2.24) is 0 Å². The predicted octanol–water partition coefficient (Wildman–Crippen LogP) is 6.69. The van der Waals surface area contributed by atoms with E-state index in [0.29, 0.717) is 18.6 Å². The summed E-state index contributed by atoms with van der Waals surface area (Å²) in [5, 5.41) is 9.33. The van der Waals surface area contributed by atoms with Gasteiger partial charge < -0.3 is 14.6 Å². The molecule has 0 saturated heterocycles. The summed E-state index contributed by atoms with van der Waals surface area (Å²) < 4.78 is 52.5. The number of hydrogen-bond donors (Lipinski definition) is 1. The molecule has 0 radical (unpaired) electrons. The summed E-state index contributed by atoms with van der Waals surface area (Å²) in [6, 6.07) is 22.8. The van der Waals surface area contributed by atoms with E-state index in [1.165, 1.54) is 12.1 Å². The molecule has 0 heterocycles. The molecule has 4 rings (SSSR count). The van der Waals surface area contributed by atoms with E-state index in [2.05, 4.69) is 0 Å². The lowest BCUT2D eigenvalue weighted by Gasteiger charge is -2.18. The molecule has 0 aliphatic heterocycles. The lowest BCUT2D eigenvalue weighted by atomic mass is 9.95. The molecule has 0 saturated carbocycles. The highest BCUT2D eigenvalue weighted by Gasteiger charge is 2.24. The van der Waals surface area contributed by atoms with Crippen molar-refractivity contribution in [2.75, 3.05) is 0 Å². The number of carboxylic acids is 1. The van der Waals surface area contributed by atoms with Crippen molar-refractivity contribution in [1.29, 1.82) is 0 Å². The number of aryl methyl sites for hydroxylation is 2. The van der Waals surface area contributed by atoms with Gasteiger partial charge in [0.05, 0.1) is 4.90 Å². The van der Waals surface area contributed by atoms with E-state index in [0.717, 1.165) is 39.9 Å². The minimum absolute atomic E-state index is 0.00459. The van der Waals surface area contributed by atoms with Gasteiger partial charge in [0, 0.05) is 0 Å². The monoisotopic (exact) mass is 562 g/mol. The molecular formula is C32H31FO6S. The van der Waals surface area contributed by atoms with E-state index < -0.39 is 27.7 Å². The Hall–Kier alpha value is -4.17. The Bertz CT molecular complexity index is 1580. The second kappa shape index (κ2) is 12.3. The highest BCUT2D eigenvalue weighted by molar-refractivity contribution is 7.91. The quantitative estimate of drug-likeness (QED) is 0.205. The summed E-state index contributed by atoms with van der Waals surface area (Å²) in [5.74, 6) is -0.878. The van der Waals surface area contributed by atoms with Crippen molar-refractivity contribution in [3.63, 3.8) is 0 Å². The minimum atomic E-state index is -4.02. The standard InChI is InChI=1S/C32H31FO6S/c1-4-29(32(34)35)39-26-16-21(2)28(22(3)17-26)18-24-10-15-30(38-20-23-8-6-5-7-9-23)31(19-24)40(36,37)27-13-11-25(33)12-14-27/h5-17,19,29H,4,18,20H2,1-3H3,(H,34,35). The molecule has 8 heteroatoms. The zero-order valence-electron chi connectivity index (χ0n) is 22.6. The predicted molar refractivity (Wildman–Crippen MR) is 150 cm³/mol. The van der Waals surface area contributed by atoms with E-state index in [4.69, 9.17) is 9.47 Å². The molecule has 208 valence electrons. The van der Waals surface area contributed by atoms with Crippen LogP contribution in [-0.4, -0.2) is 25.6 Å². The Morgan fingerprint density at radius 1 is 0.900 bits per heavy atom. The van der Waals surface area contributed by atoms with Gasteiger partial charge in [-0.25, -0.2) is 17.6 Å². The maximum Gasteiger partial charge on any atom is 0.344 e. The van der Waals surface area contributed by atoms with Crippen molar-refractivity contribution in [3.05, 3.63) is 119 Å². The lowest BCUT2D eigenvalue weighted by Crippen LogP contribution is -2.26. The molecule has 0 fully saturated rings. The summed E-state index contributed by atoms with van der Waals surface area (Å²) in [6.45, 7) is 5.74. The number of sulfone groups is 1. The van der Waals surface area contributed by atoms with Crippen LogP contribution in [0.1, 0.15) is 41.2 Å². The van der Waals surface area contributed by atoms with Gasteiger partial charge in [0.25, 0.3) is 0 Å². The van der Waals surface area contributed by atoms with Crippen molar-refractivity contribution in [2.45, 2.75) is 56.1 Å². The number of hydrogen-bond acceptors (Lipinski definition) is 5. The van der Waals surface area contributed by atoms with Gasteiger partial charge in [0.1, 0.15) is 28.8 Å². The molecule has 0 bridgehead atoms. The Morgan fingerprint density at radius 3 is 2.15 bits per heavy atom. The molecule has 0 spiro atoms. The van der Waals surface area contributed by atoms with Crippen LogP contribution in [0.15, 0.2) is 94.7 Å². The second-order valence-corrected chi connectivity index (χ2v) is 11.5. The van der Waals surface area contributed by atoms with E-state index in [1.807, 2.05) is 50.2 Å². The summed E-state index contributed by atoms with van der Waals surface area (Å²) in [4.78, 5) is 11.4. The fourth-order valence-electron chi connectivity index (χ4n) is 4.45. The molecule has 1 unspecified atom stereocenters. The number of carbonyl (C=O) groups is 1. The second-order valence-electron chi connectivity index (χ2n) is 9.58. The molecule has 0 aromatic heterocycles. The molecule has 4 aromatic rings. The highest BCUT2D eigenvalue weighted by Crippen LogP contribution is 2.33. The first-order valence-electron chi connectivity index (χ1n) is 12.9. The molecular weight excluding hydrogens is 531 g/mol. The average Bonchev–Trinajstić information content (AvgIpc) is 2.93. The van der Waals surface area contributed by atoms with Crippen molar-refractivity contribution in [3.8, 4) is 11.5 Å². The van der Waals surface area contributed by atoms with Gasteiger partial charge in [-0.05, 0) is 103 Å². The van der Waals surface area contributed by atoms with Gasteiger partial charge in [-0.15, -0.1) is 0 Å². The first-order valence-corrected chi connectivity index (χ1v) is 14.4. The average molecular weight is 563 g/mol. The summed E-state index contributed by atoms with van der Waals surface area (Å²) in [5.41, 5.74) is 4.38. The molecule has 1 N–H and O–H groups in total. The van der Waals surface area contributed by atoms with E-state index >= 15 is 0 Å². The third-order valence-electron chi connectivity index (χ3n) is 6.63. The summed E-state index contributed by atoms with van der Waals surface area (Å²) in [6.07, 6.45) is -0.176. The summed E-state index contributed by atoms with van der Waals surface area (Å²) in [7, 11) is -4.02. The molecule has 1 atom stereocenters. The lowest BCUT2D eigenvalue weighted by molar-refractivity contribution is -0.145.